The predicted molar refractivity (Wildman–Crippen MR) is 105 cm³/mol. The van der Waals surface area contributed by atoms with E-state index in [1.807, 2.05) is 18.2 Å². The third-order valence-electron chi connectivity index (χ3n) is 3.99. The number of carbonyl (C=O) groups excluding carboxylic acids is 1. The molecular weight excluding hydrogens is 400 g/mol. The normalized spacial score (nSPS) is 15.6. The molecule has 3 rings (SSSR count). The molecule has 4 nitrogen and oxygen atoms in total. The quantitative estimate of drug-likeness (QED) is 0.724. The van der Waals surface area contributed by atoms with Crippen LogP contribution in [0.4, 0.5) is 0 Å². The number of nitrogens with zero attached hydrogens (tertiary/aromatic N) is 1. The van der Waals surface area contributed by atoms with Crippen molar-refractivity contribution in [3.63, 3.8) is 0 Å². The van der Waals surface area contributed by atoms with Crippen molar-refractivity contribution in [3.05, 3.63) is 62.3 Å². The zero-order chi connectivity index (χ0) is 17.5. The molecule has 25 heavy (non-hydrogen) atoms. The molecule has 1 aromatic carbocycles. The van der Waals surface area contributed by atoms with Gasteiger partial charge in [-0.2, -0.15) is 0 Å². The second kappa shape index (κ2) is 9.29. The summed E-state index contributed by atoms with van der Waals surface area (Å²) in [5, 5.41) is 2.92. The lowest BCUT2D eigenvalue weighted by Gasteiger charge is -2.26. The fourth-order valence-electron chi connectivity index (χ4n) is 2.60. The number of ether oxygens (including phenoxy) is 1. The van der Waals surface area contributed by atoms with E-state index in [1.54, 1.807) is 17.4 Å². The summed E-state index contributed by atoms with van der Waals surface area (Å²) in [6.07, 6.45) is 3.40. The lowest BCUT2D eigenvalue weighted by Crippen LogP contribution is -2.35. The van der Waals surface area contributed by atoms with Gasteiger partial charge in [-0.05, 0) is 45.3 Å². The number of benzene rings is 1. The van der Waals surface area contributed by atoms with E-state index >= 15 is 0 Å². The first-order valence-electron chi connectivity index (χ1n) is 8.28. The van der Waals surface area contributed by atoms with Crippen molar-refractivity contribution in [3.8, 4) is 0 Å². The van der Waals surface area contributed by atoms with Crippen molar-refractivity contribution in [1.82, 2.24) is 10.2 Å². The van der Waals surface area contributed by atoms with Gasteiger partial charge in [-0.15, -0.1) is 11.3 Å². The van der Waals surface area contributed by atoms with Crippen LogP contribution in [0.3, 0.4) is 0 Å². The summed E-state index contributed by atoms with van der Waals surface area (Å²) in [6.45, 7) is 5.11. The number of hydrogen-bond donors (Lipinski definition) is 1. The fraction of sp³-hybridized carbons (Fsp3) is 0.316. The summed E-state index contributed by atoms with van der Waals surface area (Å²) in [6, 6.07) is 12.4. The van der Waals surface area contributed by atoms with Crippen molar-refractivity contribution in [2.24, 2.45) is 0 Å². The average Bonchev–Trinajstić information content (AvgIpc) is 3.06. The van der Waals surface area contributed by atoms with Crippen LogP contribution < -0.4 is 5.32 Å². The molecule has 2 aromatic rings. The van der Waals surface area contributed by atoms with Gasteiger partial charge < -0.3 is 10.1 Å². The largest absolute Gasteiger partial charge is 0.379 e. The fourth-order valence-corrected chi connectivity index (χ4v) is 3.93. The SMILES string of the molecule is O=C(/C=C/c1ccc(Br)s1)NCc1ccc(CN2CCOCC2)cc1. The number of morpholine rings is 1. The van der Waals surface area contributed by atoms with Gasteiger partial charge in [0.05, 0.1) is 17.0 Å². The second-order valence-electron chi connectivity index (χ2n) is 5.90. The molecule has 0 spiro atoms. The molecule has 0 radical (unpaired) electrons. The molecule has 0 saturated carbocycles. The Morgan fingerprint density at radius 3 is 2.56 bits per heavy atom. The minimum atomic E-state index is -0.0816. The summed E-state index contributed by atoms with van der Waals surface area (Å²) in [5.74, 6) is -0.0816. The van der Waals surface area contributed by atoms with Crippen LogP contribution in [0.5, 0.6) is 0 Å². The van der Waals surface area contributed by atoms with Crippen LogP contribution >= 0.6 is 27.3 Å². The van der Waals surface area contributed by atoms with Crippen LogP contribution in [0, 0.1) is 0 Å². The van der Waals surface area contributed by atoms with E-state index in [2.05, 4.69) is 50.4 Å². The highest BCUT2D eigenvalue weighted by molar-refractivity contribution is 9.11. The van der Waals surface area contributed by atoms with E-state index in [9.17, 15) is 4.79 Å². The van der Waals surface area contributed by atoms with E-state index in [0.29, 0.717) is 6.54 Å². The maximum absolute atomic E-state index is 11.9. The molecule has 1 N–H and O–H groups in total. The smallest absolute Gasteiger partial charge is 0.244 e. The first kappa shape index (κ1) is 18.3. The van der Waals surface area contributed by atoms with Crippen LogP contribution in [0.15, 0.2) is 46.3 Å². The Kier molecular flexibility index (Phi) is 6.81. The van der Waals surface area contributed by atoms with Gasteiger partial charge in [0.1, 0.15) is 0 Å². The van der Waals surface area contributed by atoms with Gasteiger partial charge in [-0.3, -0.25) is 9.69 Å². The molecule has 0 atom stereocenters. The highest BCUT2D eigenvalue weighted by atomic mass is 79.9. The van der Waals surface area contributed by atoms with E-state index in [1.165, 1.54) is 5.56 Å². The minimum Gasteiger partial charge on any atom is -0.379 e. The molecule has 2 heterocycles. The summed E-state index contributed by atoms with van der Waals surface area (Å²) in [5.41, 5.74) is 2.39. The van der Waals surface area contributed by atoms with Gasteiger partial charge in [-0.25, -0.2) is 0 Å². The van der Waals surface area contributed by atoms with Crippen molar-refractivity contribution in [2.45, 2.75) is 13.1 Å². The Morgan fingerprint density at radius 2 is 1.88 bits per heavy atom. The Hall–Kier alpha value is -1.47. The van der Waals surface area contributed by atoms with Crippen LogP contribution in [-0.4, -0.2) is 37.1 Å². The van der Waals surface area contributed by atoms with Crippen LogP contribution in [0.25, 0.3) is 6.08 Å². The Morgan fingerprint density at radius 1 is 1.16 bits per heavy atom. The number of thiophene rings is 1. The molecule has 132 valence electrons. The predicted octanol–water partition coefficient (Wildman–Crippen LogP) is 3.67. The summed E-state index contributed by atoms with van der Waals surface area (Å²) in [7, 11) is 0. The molecule has 1 aromatic heterocycles. The number of halogens is 1. The van der Waals surface area contributed by atoms with Gasteiger partial charge in [0.2, 0.25) is 5.91 Å². The highest BCUT2D eigenvalue weighted by Crippen LogP contribution is 2.22. The molecule has 0 unspecified atom stereocenters. The van der Waals surface area contributed by atoms with Crippen LogP contribution in [-0.2, 0) is 22.6 Å². The van der Waals surface area contributed by atoms with Gasteiger partial charge in [0.15, 0.2) is 0 Å². The Labute approximate surface area is 160 Å². The first-order chi connectivity index (χ1) is 12.2. The maximum Gasteiger partial charge on any atom is 0.244 e. The van der Waals surface area contributed by atoms with Gasteiger partial charge in [0, 0.05) is 37.1 Å². The first-order valence-corrected chi connectivity index (χ1v) is 9.89. The Bertz CT molecular complexity index is 721. The monoisotopic (exact) mass is 420 g/mol. The maximum atomic E-state index is 11.9. The number of carbonyl (C=O) groups is 1. The summed E-state index contributed by atoms with van der Waals surface area (Å²) >= 11 is 5.01. The van der Waals surface area contributed by atoms with Gasteiger partial charge in [-0.1, -0.05) is 24.3 Å². The van der Waals surface area contributed by atoms with Crippen molar-refractivity contribution in [2.75, 3.05) is 26.3 Å². The van der Waals surface area contributed by atoms with Crippen molar-refractivity contribution < 1.29 is 9.53 Å². The molecule has 1 aliphatic heterocycles. The summed E-state index contributed by atoms with van der Waals surface area (Å²) < 4.78 is 6.43. The number of nitrogens with one attached hydrogen (secondary N) is 1. The molecule has 1 aliphatic rings. The third-order valence-corrected chi connectivity index (χ3v) is 5.58. The van der Waals surface area contributed by atoms with Crippen LogP contribution in [0.2, 0.25) is 0 Å². The lowest BCUT2D eigenvalue weighted by atomic mass is 10.1. The molecule has 1 fully saturated rings. The summed E-state index contributed by atoms with van der Waals surface area (Å²) in [4.78, 5) is 15.3. The molecular formula is C19H21BrN2O2S. The van der Waals surface area contributed by atoms with Gasteiger partial charge >= 0.3 is 0 Å². The van der Waals surface area contributed by atoms with E-state index in [0.717, 1.165) is 47.1 Å². The van der Waals surface area contributed by atoms with E-state index < -0.39 is 0 Å². The molecule has 0 aliphatic carbocycles. The zero-order valence-corrected chi connectivity index (χ0v) is 16.3. The Balaban J connectivity index is 1.44. The zero-order valence-electron chi connectivity index (χ0n) is 13.9. The lowest BCUT2D eigenvalue weighted by molar-refractivity contribution is -0.116. The van der Waals surface area contributed by atoms with Crippen molar-refractivity contribution >= 4 is 39.2 Å². The third kappa shape index (κ3) is 6.08. The topological polar surface area (TPSA) is 41.6 Å². The van der Waals surface area contributed by atoms with E-state index in [4.69, 9.17) is 4.74 Å². The van der Waals surface area contributed by atoms with Crippen molar-refractivity contribution in [1.29, 1.82) is 0 Å². The minimum absolute atomic E-state index is 0.0816. The molecule has 1 saturated heterocycles. The molecule has 0 bridgehead atoms. The number of rotatable bonds is 6. The van der Waals surface area contributed by atoms with Gasteiger partial charge in [0.25, 0.3) is 0 Å². The standard InChI is InChI=1S/C19H21BrN2O2S/c20-18-7-5-17(25-18)6-8-19(23)21-13-15-1-3-16(4-2-15)14-22-9-11-24-12-10-22/h1-8H,9-14H2,(H,21,23)/b8-6+. The second-order valence-corrected chi connectivity index (χ2v) is 8.39. The number of amides is 1. The average molecular weight is 421 g/mol. The van der Waals surface area contributed by atoms with Crippen LogP contribution in [0.1, 0.15) is 16.0 Å². The highest BCUT2D eigenvalue weighted by Gasteiger charge is 2.10. The number of hydrogen-bond acceptors (Lipinski definition) is 4. The molecule has 1 amide bonds. The van der Waals surface area contributed by atoms with E-state index in [-0.39, 0.29) is 5.91 Å². The molecule has 6 heteroatoms.